The van der Waals surface area contributed by atoms with Crippen LogP contribution in [0.5, 0.6) is 5.75 Å². The van der Waals surface area contributed by atoms with Crippen LogP contribution in [0.1, 0.15) is 18.9 Å². The molecule has 0 saturated carbocycles. The maximum atomic E-state index is 11.9. The van der Waals surface area contributed by atoms with Crippen molar-refractivity contribution in [1.29, 1.82) is 0 Å². The van der Waals surface area contributed by atoms with E-state index >= 15 is 0 Å². The molecule has 9 heteroatoms. The molecule has 1 N–H and O–H groups in total. The minimum atomic E-state index is -3.13. The van der Waals surface area contributed by atoms with E-state index in [0.29, 0.717) is 12.0 Å². The summed E-state index contributed by atoms with van der Waals surface area (Å²) in [5.74, 6) is -0.593. The first-order chi connectivity index (χ1) is 10.6. The van der Waals surface area contributed by atoms with E-state index < -0.39 is 32.8 Å². The number of amides is 1. The molecule has 0 spiro atoms. The molecule has 1 aromatic rings. The number of nitro groups is 1. The molecule has 0 radical (unpaired) electrons. The van der Waals surface area contributed by atoms with E-state index in [9.17, 15) is 23.3 Å². The smallest absolute Gasteiger partial charge is 0.311 e. The highest BCUT2D eigenvalue weighted by molar-refractivity contribution is 7.91. The SMILES string of the molecule is Cc1ccc(OCC(=O)N[C@@]2(C)CCS(=O)(=O)C2)c([N+](=O)[O-])c1. The molecule has 1 amide bonds. The van der Waals surface area contributed by atoms with Gasteiger partial charge in [-0.05, 0) is 31.9 Å². The number of sulfone groups is 1. The molecule has 1 aliphatic heterocycles. The molecule has 8 nitrogen and oxygen atoms in total. The largest absolute Gasteiger partial charge is 0.477 e. The normalized spacial score (nSPS) is 22.5. The Morgan fingerprint density at radius 3 is 2.74 bits per heavy atom. The van der Waals surface area contributed by atoms with E-state index in [1.165, 1.54) is 12.1 Å². The second-order valence-corrected chi connectivity index (χ2v) is 8.15. The van der Waals surface area contributed by atoms with Crippen molar-refractivity contribution in [2.75, 3.05) is 18.1 Å². The van der Waals surface area contributed by atoms with Crippen molar-refractivity contribution >= 4 is 21.4 Å². The van der Waals surface area contributed by atoms with Crippen LogP contribution in [0.15, 0.2) is 18.2 Å². The van der Waals surface area contributed by atoms with Crippen molar-refractivity contribution in [2.45, 2.75) is 25.8 Å². The van der Waals surface area contributed by atoms with E-state index in [0.717, 1.165) is 0 Å². The van der Waals surface area contributed by atoms with Gasteiger partial charge >= 0.3 is 5.69 Å². The molecular formula is C14H18N2O6S. The first-order valence-corrected chi connectivity index (χ1v) is 8.82. The lowest BCUT2D eigenvalue weighted by Gasteiger charge is -2.23. The van der Waals surface area contributed by atoms with Gasteiger partial charge in [-0.25, -0.2) is 8.42 Å². The minimum absolute atomic E-state index is 0.0000495. The van der Waals surface area contributed by atoms with Crippen molar-refractivity contribution in [2.24, 2.45) is 0 Å². The summed E-state index contributed by atoms with van der Waals surface area (Å²) in [4.78, 5) is 22.3. The number of aryl methyl sites for hydroxylation is 1. The molecule has 0 unspecified atom stereocenters. The number of carbonyl (C=O) groups excluding carboxylic acids is 1. The average Bonchev–Trinajstić information content (AvgIpc) is 2.70. The van der Waals surface area contributed by atoms with Gasteiger partial charge in [-0.15, -0.1) is 0 Å². The quantitative estimate of drug-likeness (QED) is 0.630. The number of hydrogen-bond donors (Lipinski definition) is 1. The number of hydrogen-bond acceptors (Lipinski definition) is 6. The number of carbonyl (C=O) groups is 1. The van der Waals surface area contributed by atoms with E-state index in [4.69, 9.17) is 4.74 Å². The van der Waals surface area contributed by atoms with E-state index in [2.05, 4.69) is 5.32 Å². The number of nitro benzene ring substituents is 1. The predicted molar refractivity (Wildman–Crippen MR) is 83.1 cm³/mol. The topological polar surface area (TPSA) is 116 Å². The third-order valence-electron chi connectivity index (χ3n) is 3.61. The first kappa shape index (κ1) is 17.2. The lowest BCUT2D eigenvalue weighted by atomic mass is 10.0. The highest BCUT2D eigenvalue weighted by Gasteiger charge is 2.39. The Bertz CT molecular complexity index is 746. The third-order valence-corrected chi connectivity index (χ3v) is 5.52. The fourth-order valence-corrected chi connectivity index (χ4v) is 4.61. The van der Waals surface area contributed by atoms with Gasteiger partial charge in [-0.2, -0.15) is 0 Å². The zero-order valence-electron chi connectivity index (χ0n) is 12.9. The zero-order chi connectivity index (χ0) is 17.3. The second-order valence-electron chi connectivity index (χ2n) is 5.97. The number of nitrogens with zero attached hydrogens (tertiary/aromatic N) is 1. The van der Waals surface area contributed by atoms with Crippen molar-refractivity contribution in [3.63, 3.8) is 0 Å². The van der Waals surface area contributed by atoms with Gasteiger partial charge < -0.3 is 10.1 Å². The molecule has 1 heterocycles. The number of rotatable bonds is 5. The first-order valence-electron chi connectivity index (χ1n) is 7.00. The van der Waals surface area contributed by atoms with Gasteiger partial charge in [0.05, 0.1) is 22.0 Å². The number of benzene rings is 1. The summed E-state index contributed by atoms with van der Waals surface area (Å²) in [5.41, 5.74) is -0.331. The zero-order valence-corrected chi connectivity index (χ0v) is 13.7. The van der Waals surface area contributed by atoms with E-state index in [-0.39, 0.29) is 22.9 Å². The molecule has 1 saturated heterocycles. The van der Waals surface area contributed by atoms with E-state index in [1.54, 1.807) is 19.9 Å². The number of nitrogens with one attached hydrogen (secondary N) is 1. The summed E-state index contributed by atoms with van der Waals surface area (Å²) in [6.07, 6.45) is 0.339. The Kier molecular flexibility index (Phi) is 4.60. The summed E-state index contributed by atoms with van der Waals surface area (Å²) in [7, 11) is -3.13. The van der Waals surface area contributed by atoms with Gasteiger partial charge in [0, 0.05) is 6.07 Å². The van der Waals surface area contributed by atoms with Crippen LogP contribution in [0.25, 0.3) is 0 Å². The van der Waals surface area contributed by atoms with Crippen LogP contribution in [0.4, 0.5) is 5.69 Å². The standard InChI is InChI=1S/C14H18N2O6S/c1-10-3-4-12(11(7-10)16(18)19)22-8-13(17)15-14(2)5-6-23(20,21)9-14/h3-4,7H,5-6,8-9H2,1-2H3,(H,15,17)/t14-/m0/s1. The predicted octanol–water partition coefficient (Wildman–Crippen LogP) is 0.975. The fraction of sp³-hybridized carbons (Fsp3) is 0.500. The van der Waals surface area contributed by atoms with Crippen LogP contribution in [-0.2, 0) is 14.6 Å². The van der Waals surface area contributed by atoms with Crippen LogP contribution >= 0.6 is 0 Å². The molecule has 1 aliphatic rings. The molecule has 23 heavy (non-hydrogen) atoms. The maximum Gasteiger partial charge on any atom is 0.311 e. The van der Waals surface area contributed by atoms with Crippen LogP contribution < -0.4 is 10.1 Å². The Labute approximate surface area is 133 Å². The second kappa shape index (κ2) is 6.15. The molecule has 1 aromatic carbocycles. The summed E-state index contributed by atoms with van der Waals surface area (Å²) < 4.78 is 28.2. The van der Waals surface area contributed by atoms with Gasteiger partial charge in [0.2, 0.25) is 0 Å². The summed E-state index contributed by atoms with van der Waals surface area (Å²) >= 11 is 0. The van der Waals surface area contributed by atoms with Gasteiger partial charge in [0.25, 0.3) is 5.91 Å². The Hall–Kier alpha value is -2.16. The summed E-state index contributed by atoms with van der Waals surface area (Å²) in [6.45, 7) is 2.95. The molecular weight excluding hydrogens is 324 g/mol. The maximum absolute atomic E-state index is 11.9. The lowest BCUT2D eigenvalue weighted by molar-refractivity contribution is -0.385. The van der Waals surface area contributed by atoms with Gasteiger partial charge in [-0.3, -0.25) is 14.9 Å². The van der Waals surface area contributed by atoms with Crippen molar-refractivity contribution < 1.29 is 22.9 Å². The van der Waals surface area contributed by atoms with Gasteiger partial charge in [0.1, 0.15) is 0 Å². The third kappa shape index (κ3) is 4.41. The highest BCUT2D eigenvalue weighted by Crippen LogP contribution is 2.28. The molecule has 0 bridgehead atoms. The summed E-state index contributed by atoms with van der Waals surface area (Å²) in [6, 6.07) is 4.44. The van der Waals surface area contributed by atoms with Gasteiger partial charge in [0.15, 0.2) is 22.2 Å². The Balaban J connectivity index is 1.99. The van der Waals surface area contributed by atoms with Crippen LogP contribution in [0.2, 0.25) is 0 Å². The lowest BCUT2D eigenvalue weighted by Crippen LogP contribution is -2.48. The Morgan fingerprint density at radius 1 is 1.48 bits per heavy atom. The molecule has 2 rings (SSSR count). The molecule has 126 valence electrons. The van der Waals surface area contributed by atoms with Crippen molar-refractivity contribution in [3.05, 3.63) is 33.9 Å². The minimum Gasteiger partial charge on any atom is -0.477 e. The van der Waals surface area contributed by atoms with Crippen LogP contribution in [-0.4, -0.2) is 42.9 Å². The fourth-order valence-electron chi connectivity index (χ4n) is 2.52. The average molecular weight is 342 g/mol. The monoisotopic (exact) mass is 342 g/mol. The number of ether oxygens (including phenoxy) is 1. The molecule has 1 fully saturated rings. The van der Waals surface area contributed by atoms with Crippen molar-refractivity contribution in [3.8, 4) is 5.75 Å². The summed E-state index contributed by atoms with van der Waals surface area (Å²) in [5, 5.41) is 13.6. The van der Waals surface area contributed by atoms with E-state index in [1.807, 2.05) is 0 Å². The highest BCUT2D eigenvalue weighted by atomic mass is 32.2. The van der Waals surface area contributed by atoms with Crippen LogP contribution in [0.3, 0.4) is 0 Å². The van der Waals surface area contributed by atoms with Crippen LogP contribution in [0, 0.1) is 17.0 Å². The molecule has 1 atom stereocenters. The van der Waals surface area contributed by atoms with Crippen molar-refractivity contribution in [1.82, 2.24) is 5.32 Å². The molecule has 0 aliphatic carbocycles. The van der Waals surface area contributed by atoms with Gasteiger partial charge in [-0.1, -0.05) is 6.07 Å². The Morgan fingerprint density at radius 2 is 2.17 bits per heavy atom. The molecule has 0 aromatic heterocycles.